The van der Waals surface area contributed by atoms with Crippen molar-refractivity contribution in [3.05, 3.63) is 18.0 Å². The Balaban J connectivity index is 1.78. The number of hydrogen-bond donors (Lipinski definition) is 2. The summed E-state index contributed by atoms with van der Waals surface area (Å²) in [7, 11) is 1.84. The average Bonchev–Trinajstić information content (AvgIpc) is 2.73. The molecule has 1 aliphatic carbocycles. The number of amides is 1. The summed E-state index contributed by atoms with van der Waals surface area (Å²) in [6.07, 6.45) is 8.51. The maximum atomic E-state index is 11.8. The van der Waals surface area contributed by atoms with Gasteiger partial charge in [-0.25, -0.2) is 0 Å². The summed E-state index contributed by atoms with van der Waals surface area (Å²) in [4.78, 5) is 11.8. The third kappa shape index (κ3) is 3.57. The van der Waals surface area contributed by atoms with Gasteiger partial charge in [0.05, 0.1) is 18.2 Å². The molecule has 1 saturated carbocycles. The lowest BCUT2D eigenvalue weighted by molar-refractivity contribution is -0.127. The van der Waals surface area contributed by atoms with Crippen LogP contribution in [-0.2, 0) is 18.4 Å². The van der Waals surface area contributed by atoms with Crippen molar-refractivity contribution in [2.75, 3.05) is 0 Å². The van der Waals surface area contributed by atoms with Gasteiger partial charge in [-0.2, -0.15) is 5.10 Å². The van der Waals surface area contributed by atoms with Crippen LogP contribution in [0.4, 0.5) is 0 Å². The number of hydrogen-bond acceptors (Lipinski definition) is 3. The molecule has 1 aliphatic rings. The summed E-state index contributed by atoms with van der Waals surface area (Å²) in [6.45, 7) is 0.475. The second-order valence-corrected chi connectivity index (χ2v) is 5.26. The molecule has 2 N–H and O–H groups in total. The molecule has 0 aromatic carbocycles. The molecule has 100 valence electrons. The van der Waals surface area contributed by atoms with Gasteiger partial charge in [0.25, 0.3) is 0 Å². The summed E-state index contributed by atoms with van der Waals surface area (Å²) >= 11 is 0. The molecule has 0 atom stereocenters. The van der Waals surface area contributed by atoms with E-state index in [1.165, 1.54) is 6.42 Å². The number of nitrogens with one attached hydrogen (secondary N) is 1. The molecule has 5 heteroatoms. The zero-order chi connectivity index (χ0) is 13.0. The minimum Gasteiger partial charge on any atom is -0.389 e. The Kier molecular flexibility index (Phi) is 4.01. The topological polar surface area (TPSA) is 67.2 Å². The fraction of sp³-hybridized carbons (Fsp3) is 0.692. The molecule has 1 aromatic rings. The molecule has 1 heterocycles. The molecule has 0 unspecified atom stereocenters. The Labute approximate surface area is 107 Å². The normalized spacial score (nSPS) is 18.6. The largest absolute Gasteiger partial charge is 0.389 e. The van der Waals surface area contributed by atoms with Gasteiger partial charge in [0.15, 0.2) is 0 Å². The zero-order valence-corrected chi connectivity index (χ0v) is 10.9. The number of aromatic nitrogens is 2. The molecule has 2 rings (SSSR count). The highest BCUT2D eigenvalue weighted by Crippen LogP contribution is 2.30. The summed E-state index contributed by atoms with van der Waals surface area (Å²) in [6, 6.07) is 0. The van der Waals surface area contributed by atoms with Crippen LogP contribution in [0, 0.1) is 0 Å². The molecule has 0 radical (unpaired) electrons. The van der Waals surface area contributed by atoms with Crippen LogP contribution in [0.3, 0.4) is 0 Å². The molecular formula is C13H21N3O2. The van der Waals surface area contributed by atoms with Crippen LogP contribution in [-0.4, -0.2) is 26.4 Å². The molecule has 1 aromatic heterocycles. The highest BCUT2D eigenvalue weighted by molar-refractivity contribution is 5.77. The third-order valence-electron chi connectivity index (χ3n) is 3.52. The molecule has 0 spiro atoms. The van der Waals surface area contributed by atoms with Crippen LogP contribution in [0.1, 0.15) is 44.1 Å². The van der Waals surface area contributed by atoms with Crippen LogP contribution in [0.25, 0.3) is 0 Å². The van der Waals surface area contributed by atoms with E-state index >= 15 is 0 Å². The van der Waals surface area contributed by atoms with Crippen LogP contribution in [0.2, 0.25) is 0 Å². The fourth-order valence-electron chi connectivity index (χ4n) is 2.51. The highest BCUT2D eigenvalue weighted by atomic mass is 16.3. The summed E-state index contributed by atoms with van der Waals surface area (Å²) in [5, 5.41) is 17.1. The van der Waals surface area contributed by atoms with Gasteiger partial charge in [-0.05, 0) is 12.8 Å². The van der Waals surface area contributed by atoms with E-state index in [0.29, 0.717) is 6.54 Å². The molecule has 0 saturated heterocycles. The number of carbonyl (C=O) groups is 1. The van der Waals surface area contributed by atoms with Gasteiger partial charge in [-0.1, -0.05) is 19.3 Å². The first kappa shape index (κ1) is 13.1. The van der Waals surface area contributed by atoms with Crippen LogP contribution in [0.15, 0.2) is 12.4 Å². The SMILES string of the molecule is Cn1cc(CNC(=O)CC2(O)CCCCC2)cn1. The minimum absolute atomic E-state index is 0.0803. The smallest absolute Gasteiger partial charge is 0.223 e. The van der Waals surface area contributed by atoms with E-state index in [4.69, 9.17) is 0 Å². The van der Waals surface area contributed by atoms with Gasteiger partial charge in [-0.3, -0.25) is 9.48 Å². The monoisotopic (exact) mass is 251 g/mol. The van der Waals surface area contributed by atoms with Gasteiger partial charge in [0.2, 0.25) is 5.91 Å². The molecule has 0 bridgehead atoms. The first-order valence-electron chi connectivity index (χ1n) is 6.54. The Bertz CT molecular complexity index is 408. The van der Waals surface area contributed by atoms with E-state index in [0.717, 1.165) is 31.2 Å². The second-order valence-electron chi connectivity index (χ2n) is 5.26. The van der Waals surface area contributed by atoms with Crippen molar-refractivity contribution in [3.8, 4) is 0 Å². The number of rotatable bonds is 4. The van der Waals surface area contributed by atoms with Gasteiger partial charge in [0.1, 0.15) is 0 Å². The number of aryl methyl sites for hydroxylation is 1. The van der Waals surface area contributed by atoms with E-state index < -0.39 is 5.60 Å². The molecule has 1 fully saturated rings. The van der Waals surface area contributed by atoms with Gasteiger partial charge in [0, 0.05) is 25.4 Å². The Morgan fingerprint density at radius 1 is 1.50 bits per heavy atom. The van der Waals surface area contributed by atoms with Crippen molar-refractivity contribution < 1.29 is 9.90 Å². The van der Waals surface area contributed by atoms with Crippen molar-refractivity contribution >= 4 is 5.91 Å². The van der Waals surface area contributed by atoms with Crippen LogP contribution in [0.5, 0.6) is 0 Å². The quantitative estimate of drug-likeness (QED) is 0.842. The maximum absolute atomic E-state index is 11.8. The number of aliphatic hydroxyl groups is 1. The van der Waals surface area contributed by atoms with Crippen molar-refractivity contribution in [1.82, 2.24) is 15.1 Å². The predicted octanol–water partition coefficient (Wildman–Crippen LogP) is 1.12. The minimum atomic E-state index is -0.780. The zero-order valence-electron chi connectivity index (χ0n) is 10.9. The van der Waals surface area contributed by atoms with Gasteiger partial charge < -0.3 is 10.4 Å². The van der Waals surface area contributed by atoms with Crippen molar-refractivity contribution in [2.24, 2.45) is 7.05 Å². The van der Waals surface area contributed by atoms with Crippen LogP contribution < -0.4 is 5.32 Å². The Hall–Kier alpha value is -1.36. The Morgan fingerprint density at radius 3 is 2.83 bits per heavy atom. The van der Waals surface area contributed by atoms with E-state index in [9.17, 15) is 9.90 Å². The van der Waals surface area contributed by atoms with Gasteiger partial charge >= 0.3 is 0 Å². The first-order valence-corrected chi connectivity index (χ1v) is 6.54. The first-order chi connectivity index (χ1) is 8.57. The lowest BCUT2D eigenvalue weighted by Crippen LogP contribution is -2.38. The molecule has 1 amide bonds. The predicted molar refractivity (Wildman–Crippen MR) is 67.7 cm³/mol. The number of nitrogens with zero attached hydrogens (tertiary/aromatic N) is 2. The fourth-order valence-corrected chi connectivity index (χ4v) is 2.51. The van der Waals surface area contributed by atoms with E-state index in [1.54, 1.807) is 10.9 Å². The molecule has 18 heavy (non-hydrogen) atoms. The van der Waals surface area contributed by atoms with Crippen molar-refractivity contribution in [3.63, 3.8) is 0 Å². The average molecular weight is 251 g/mol. The van der Waals surface area contributed by atoms with E-state index in [-0.39, 0.29) is 12.3 Å². The van der Waals surface area contributed by atoms with Crippen molar-refractivity contribution in [2.45, 2.75) is 50.7 Å². The van der Waals surface area contributed by atoms with E-state index in [1.807, 2.05) is 13.2 Å². The Morgan fingerprint density at radius 2 is 2.22 bits per heavy atom. The van der Waals surface area contributed by atoms with Crippen LogP contribution >= 0.6 is 0 Å². The summed E-state index contributed by atoms with van der Waals surface area (Å²) in [5.74, 6) is -0.0803. The highest BCUT2D eigenvalue weighted by Gasteiger charge is 2.31. The third-order valence-corrected chi connectivity index (χ3v) is 3.52. The molecular weight excluding hydrogens is 230 g/mol. The van der Waals surface area contributed by atoms with E-state index in [2.05, 4.69) is 10.4 Å². The lowest BCUT2D eigenvalue weighted by atomic mass is 9.82. The number of carbonyl (C=O) groups excluding carboxylic acids is 1. The summed E-state index contributed by atoms with van der Waals surface area (Å²) < 4.78 is 1.70. The lowest BCUT2D eigenvalue weighted by Gasteiger charge is -2.31. The molecule has 0 aliphatic heterocycles. The van der Waals surface area contributed by atoms with Gasteiger partial charge in [-0.15, -0.1) is 0 Å². The van der Waals surface area contributed by atoms with Crippen molar-refractivity contribution in [1.29, 1.82) is 0 Å². The molecule has 5 nitrogen and oxygen atoms in total. The maximum Gasteiger partial charge on any atom is 0.223 e. The standard InChI is InChI=1S/C13H21N3O2/c1-16-10-11(9-15-16)8-14-12(17)7-13(18)5-3-2-4-6-13/h9-10,18H,2-8H2,1H3,(H,14,17). The second kappa shape index (κ2) is 5.52. The summed E-state index contributed by atoms with van der Waals surface area (Å²) in [5.41, 5.74) is 0.193.